The molecule has 0 saturated carbocycles. The lowest BCUT2D eigenvalue weighted by atomic mass is 9.92. The van der Waals surface area contributed by atoms with Gasteiger partial charge in [0.1, 0.15) is 16.7 Å². The van der Waals surface area contributed by atoms with Crippen molar-refractivity contribution in [2.24, 2.45) is 0 Å². The Hall–Kier alpha value is -4.42. The first-order valence-electron chi connectivity index (χ1n) is 10.3. The van der Waals surface area contributed by atoms with Gasteiger partial charge in [-0.15, -0.1) is 0 Å². The second kappa shape index (κ2) is 7.57. The number of hydrogen-bond acceptors (Lipinski definition) is 6. The molecular formula is C27H13ClO6. The Morgan fingerprint density at radius 2 is 1.03 bits per heavy atom. The van der Waals surface area contributed by atoms with Crippen LogP contribution in [-0.2, 0) is 0 Å². The Morgan fingerprint density at radius 3 is 1.71 bits per heavy atom. The van der Waals surface area contributed by atoms with Crippen LogP contribution in [0.1, 0.15) is 0 Å². The average Bonchev–Trinajstić information content (AvgIpc) is 2.83. The molecule has 0 aliphatic rings. The number of hydrogen-bond donors (Lipinski definition) is 0. The molecule has 0 bridgehead atoms. The summed E-state index contributed by atoms with van der Waals surface area (Å²) in [6.07, 6.45) is 0. The zero-order chi connectivity index (χ0) is 23.4. The van der Waals surface area contributed by atoms with Crippen LogP contribution in [0.25, 0.3) is 55.2 Å². The third kappa shape index (κ3) is 3.00. The van der Waals surface area contributed by atoms with Crippen LogP contribution in [0.3, 0.4) is 0 Å². The summed E-state index contributed by atoms with van der Waals surface area (Å²) in [5.41, 5.74) is -0.686. The third-order valence-electron chi connectivity index (χ3n) is 5.73. The summed E-state index contributed by atoms with van der Waals surface area (Å²) in [6, 6.07) is 21.7. The first kappa shape index (κ1) is 20.2. The van der Waals surface area contributed by atoms with Crippen LogP contribution in [0.2, 0.25) is 5.02 Å². The van der Waals surface area contributed by atoms with Crippen LogP contribution >= 0.6 is 11.6 Å². The quantitative estimate of drug-likeness (QED) is 0.290. The maximum absolute atomic E-state index is 13.4. The fourth-order valence-corrected chi connectivity index (χ4v) is 4.62. The molecule has 0 atom stereocenters. The predicted molar refractivity (Wildman–Crippen MR) is 130 cm³/mol. The molecule has 3 aromatic heterocycles. The van der Waals surface area contributed by atoms with Crippen molar-refractivity contribution >= 4 is 44.5 Å². The van der Waals surface area contributed by atoms with Crippen molar-refractivity contribution in [1.82, 2.24) is 0 Å². The molecule has 34 heavy (non-hydrogen) atoms. The summed E-state index contributed by atoms with van der Waals surface area (Å²) in [7, 11) is 0. The van der Waals surface area contributed by atoms with Gasteiger partial charge in [-0.3, -0.25) is 0 Å². The van der Waals surface area contributed by atoms with Crippen molar-refractivity contribution in [1.29, 1.82) is 0 Å². The summed E-state index contributed by atoms with van der Waals surface area (Å²) < 4.78 is 16.5. The predicted octanol–water partition coefficient (Wildman–Crippen LogP) is 5.99. The molecule has 3 heterocycles. The summed E-state index contributed by atoms with van der Waals surface area (Å²) in [6.45, 7) is 0. The minimum Gasteiger partial charge on any atom is -0.423 e. The molecule has 0 saturated heterocycles. The van der Waals surface area contributed by atoms with Gasteiger partial charge >= 0.3 is 16.9 Å². The second-order valence-electron chi connectivity index (χ2n) is 7.69. The topological polar surface area (TPSA) is 90.6 Å². The SMILES string of the molecule is O=c1cc(-c2c(-c3c(Cl)c4ccccc4oc3=O)c3ccccc3oc2=O)c2ccccc2o1. The molecular weight excluding hydrogens is 456 g/mol. The van der Waals surface area contributed by atoms with E-state index < -0.39 is 16.9 Å². The lowest BCUT2D eigenvalue weighted by Crippen LogP contribution is -2.12. The fourth-order valence-electron chi connectivity index (χ4n) is 4.30. The largest absolute Gasteiger partial charge is 0.423 e. The molecule has 6 aromatic rings. The van der Waals surface area contributed by atoms with E-state index in [1.54, 1.807) is 72.8 Å². The van der Waals surface area contributed by atoms with E-state index in [-0.39, 0.29) is 32.9 Å². The highest BCUT2D eigenvalue weighted by Gasteiger charge is 2.26. The van der Waals surface area contributed by atoms with E-state index in [1.807, 2.05) is 0 Å². The van der Waals surface area contributed by atoms with Crippen molar-refractivity contribution in [2.45, 2.75) is 0 Å². The maximum Gasteiger partial charge on any atom is 0.345 e. The summed E-state index contributed by atoms with van der Waals surface area (Å²) in [5, 5.41) is 1.63. The van der Waals surface area contributed by atoms with Gasteiger partial charge in [-0.05, 0) is 24.3 Å². The van der Waals surface area contributed by atoms with Gasteiger partial charge in [-0.1, -0.05) is 60.1 Å². The Kier molecular flexibility index (Phi) is 4.50. The van der Waals surface area contributed by atoms with Gasteiger partial charge in [0.25, 0.3) is 0 Å². The minimum absolute atomic E-state index is 0.0109. The van der Waals surface area contributed by atoms with E-state index in [4.69, 9.17) is 24.9 Å². The first-order chi connectivity index (χ1) is 16.5. The van der Waals surface area contributed by atoms with E-state index in [9.17, 15) is 14.4 Å². The van der Waals surface area contributed by atoms with Gasteiger partial charge in [0.15, 0.2) is 0 Å². The zero-order valence-electron chi connectivity index (χ0n) is 17.3. The smallest absolute Gasteiger partial charge is 0.345 e. The van der Waals surface area contributed by atoms with Crippen molar-refractivity contribution in [3.05, 3.63) is 115 Å². The molecule has 6 nitrogen and oxygen atoms in total. The molecule has 0 amide bonds. The van der Waals surface area contributed by atoms with Gasteiger partial charge in [0.2, 0.25) is 0 Å². The highest BCUT2D eigenvalue weighted by atomic mass is 35.5. The second-order valence-corrected chi connectivity index (χ2v) is 8.06. The number of fused-ring (bicyclic) bond motifs is 3. The van der Waals surface area contributed by atoms with E-state index in [0.717, 1.165) is 0 Å². The molecule has 164 valence electrons. The van der Waals surface area contributed by atoms with Gasteiger partial charge in [0.05, 0.1) is 16.1 Å². The van der Waals surface area contributed by atoms with Crippen molar-refractivity contribution < 1.29 is 13.3 Å². The number of para-hydroxylation sites is 3. The minimum atomic E-state index is -0.729. The summed E-state index contributed by atoms with van der Waals surface area (Å²) in [4.78, 5) is 39.1. The van der Waals surface area contributed by atoms with E-state index in [0.29, 0.717) is 27.3 Å². The molecule has 7 heteroatoms. The van der Waals surface area contributed by atoms with Crippen LogP contribution in [0.4, 0.5) is 0 Å². The molecule has 0 aliphatic heterocycles. The normalized spacial score (nSPS) is 11.4. The zero-order valence-corrected chi connectivity index (χ0v) is 18.1. The average molecular weight is 469 g/mol. The van der Waals surface area contributed by atoms with Crippen LogP contribution in [0.15, 0.2) is 106 Å². The van der Waals surface area contributed by atoms with Crippen molar-refractivity contribution in [3.63, 3.8) is 0 Å². The number of rotatable bonds is 2. The highest BCUT2D eigenvalue weighted by Crippen LogP contribution is 2.41. The van der Waals surface area contributed by atoms with Gasteiger partial charge < -0.3 is 13.3 Å². The molecule has 0 spiro atoms. The standard InChI is InChI=1S/C27H13ClO6/c28-25-16-9-3-6-12-20(16)34-27(31)24(25)22-15-8-2-5-11-19(15)33-26(30)23(22)17-13-21(29)32-18-10-4-1-7-14(17)18/h1-13H. The van der Waals surface area contributed by atoms with Gasteiger partial charge in [-0.2, -0.15) is 0 Å². The van der Waals surface area contributed by atoms with Gasteiger partial charge in [-0.25, -0.2) is 14.4 Å². The van der Waals surface area contributed by atoms with Crippen LogP contribution in [-0.4, -0.2) is 0 Å². The maximum atomic E-state index is 13.4. The number of halogens is 1. The monoisotopic (exact) mass is 468 g/mol. The Balaban J connectivity index is 1.87. The molecule has 0 aliphatic carbocycles. The molecule has 6 rings (SSSR count). The van der Waals surface area contributed by atoms with E-state index in [2.05, 4.69) is 0 Å². The fraction of sp³-hybridized carbons (Fsp3) is 0. The Labute approximate surface area is 195 Å². The Bertz CT molecular complexity index is 1940. The summed E-state index contributed by atoms with van der Waals surface area (Å²) >= 11 is 6.77. The molecule has 0 unspecified atom stereocenters. The van der Waals surface area contributed by atoms with Crippen LogP contribution < -0.4 is 16.9 Å². The Morgan fingerprint density at radius 1 is 0.529 bits per heavy atom. The lowest BCUT2D eigenvalue weighted by molar-refractivity contribution is 0.557. The van der Waals surface area contributed by atoms with Crippen LogP contribution in [0.5, 0.6) is 0 Å². The third-order valence-corrected chi connectivity index (χ3v) is 6.12. The van der Waals surface area contributed by atoms with Crippen molar-refractivity contribution in [3.8, 4) is 22.3 Å². The molecule has 0 N–H and O–H groups in total. The van der Waals surface area contributed by atoms with Crippen LogP contribution in [0, 0.1) is 0 Å². The van der Waals surface area contributed by atoms with E-state index in [1.165, 1.54) is 6.07 Å². The van der Waals surface area contributed by atoms with Crippen molar-refractivity contribution in [2.75, 3.05) is 0 Å². The highest BCUT2D eigenvalue weighted by molar-refractivity contribution is 6.38. The molecule has 0 radical (unpaired) electrons. The first-order valence-corrected chi connectivity index (χ1v) is 10.7. The number of benzene rings is 3. The molecule has 3 aromatic carbocycles. The van der Waals surface area contributed by atoms with Gasteiger partial charge in [0, 0.05) is 33.4 Å². The molecule has 0 fully saturated rings. The lowest BCUT2D eigenvalue weighted by Gasteiger charge is -2.14. The summed E-state index contributed by atoms with van der Waals surface area (Å²) in [5.74, 6) is 0. The van der Waals surface area contributed by atoms with E-state index >= 15 is 0 Å².